The van der Waals surface area contributed by atoms with Gasteiger partial charge in [0.05, 0.1) is 18.8 Å². The Morgan fingerprint density at radius 2 is 2.07 bits per heavy atom. The van der Waals surface area contributed by atoms with Crippen LogP contribution in [0.15, 0.2) is 24.4 Å². The molecule has 2 amide bonds. The highest BCUT2D eigenvalue weighted by atomic mass is 19.4. The van der Waals surface area contributed by atoms with Crippen molar-refractivity contribution in [2.24, 2.45) is 0 Å². The van der Waals surface area contributed by atoms with Gasteiger partial charge in [0.25, 0.3) is 0 Å². The molecule has 1 N–H and O–H groups in total. The van der Waals surface area contributed by atoms with Crippen molar-refractivity contribution >= 4 is 12.0 Å². The summed E-state index contributed by atoms with van der Waals surface area (Å²) in [7, 11) is 3.55. The second-order valence-corrected chi connectivity index (χ2v) is 6.76. The number of urea groups is 1. The number of halogens is 3. The molecule has 0 unspecified atom stereocenters. The molecule has 8 nitrogen and oxygen atoms in total. The fourth-order valence-electron chi connectivity index (χ4n) is 3.04. The van der Waals surface area contributed by atoms with Gasteiger partial charge in [0.15, 0.2) is 0 Å². The third kappa shape index (κ3) is 5.72. The second kappa shape index (κ2) is 8.63. The zero-order valence-corrected chi connectivity index (χ0v) is 15.5. The van der Waals surface area contributed by atoms with E-state index in [0.29, 0.717) is 19.0 Å². The van der Waals surface area contributed by atoms with Crippen LogP contribution in [0.4, 0.5) is 18.0 Å². The van der Waals surface area contributed by atoms with Crippen molar-refractivity contribution in [3.05, 3.63) is 24.4 Å². The molecule has 2 aliphatic heterocycles. The molecule has 3 rings (SSSR count). The number of carboxylic acids is 1. The SMILES string of the molecule is CN(C)C(=O)N1CC[C@]2(C[C@@H](Oc3ccccn3)CO2)C1.O=C(O)C(F)(F)F. The summed E-state index contributed by atoms with van der Waals surface area (Å²) in [6.45, 7) is 1.94. The first-order valence-corrected chi connectivity index (χ1v) is 8.50. The number of nitrogens with zero attached hydrogens (tertiary/aromatic N) is 3. The summed E-state index contributed by atoms with van der Waals surface area (Å²) in [5.74, 6) is -2.13. The maximum absolute atomic E-state index is 12.0. The Bertz CT molecular complexity index is 686. The van der Waals surface area contributed by atoms with Gasteiger partial charge in [0.1, 0.15) is 6.10 Å². The molecule has 2 fully saturated rings. The smallest absolute Gasteiger partial charge is 0.475 e. The molecule has 1 spiro atoms. The normalized spacial score (nSPS) is 23.9. The van der Waals surface area contributed by atoms with E-state index in [1.165, 1.54) is 0 Å². The molecular formula is C17H22F3N3O5. The van der Waals surface area contributed by atoms with Gasteiger partial charge in [0, 0.05) is 39.3 Å². The number of carboxylic acid groups (broad SMARTS) is 1. The van der Waals surface area contributed by atoms with Crippen LogP contribution in [0.3, 0.4) is 0 Å². The largest absolute Gasteiger partial charge is 0.490 e. The van der Waals surface area contributed by atoms with Gasteiger partial charge in [0.2, 0.25) is 5.88 Å². The van der Waals surface area contributed by atoms with E-state index in [1.54, 1.807) is 25.2 Å². The van der Waals surface area contributed by atoms with Gasteiger partial charge >= 0.3 is 18.2 Å². The maximum atomic E-state index is 12.0. The fraction of sp³-hybridized carbons (Fsp3) is 0.588. The average molecular weight is 405 g/mol. The molecule has 1 aromatic rings. The summed E-state index contributed by atoms with van der Waals surface area (Å²) in [6.07, 6.45) is -1.68. The van der Waals surface area contributed by atoms with Gasteiger partial charge in [-0.05, 0) is 12.5 Å². The monoisotopic (exact) mass is 405 g/mol. The van der Waals surface area contributed by atoms with Crippen LogP contribution in [0.2, 0.25) is 0 Å². The molecule has 3 heterocycles. The van der Waals surface area contributed by atoms with Crippen molar-refractivity contribution in [1.29, 1.82) is 0 Å². The predicted octanol–water partition coefficient (Wildman–Crippen LogP) is 2.01. The highest BCUT2D eigenvalue weighted by molar-refractivity contribution is 5.74. The maximum Gasteiger partial charge on any atom is 0.490 e. The third-order valence-corrected chi connectivity index (χ3v) is 4.31. The molecular weight excluding hydrogens is 383 g/mol. The minimum atomic E-state index is -5.08. The Hall–Kier alpha value is -2.56. The van der Waals surface area contributed by atoms with Gasteiger partial charge in [-0.3, -0.25) is 0 Å². The van der Waals surface area contributed by atoms with Crippen molar-refractivity contribution in [3.63, 3.8) is 0 Å². The first kappa shape index (κ1) is 21.7. The number of ether oxygens (including phenoxy) is 2. The zero-order valence-electron chi connectivity index (χ0n) is 15.5. The number of hydrogen-bond donors (Lipinski definition) is 1. The summed E-state index contributed by atoms with van der Waals surface area (Å²) >= 11 is 0. The highest BCUT2D eigenvalue weighted by Gasteiger charge is 2.47. The van der Waals surface area contributed by atoms with Crippen LogP contribution in [0, 0.1) is 0 Å². The Labute approximate surface area is 159 Å². The molecule has 0 bridgehead atoms. The Morgan fingerprint density at radius 1 is 1.39 bits per heavy atom. The highest BCUT2D eigenvalue weighted by Crippen LogP contribution is 2.36. The quantitative estimate of drug-likeness (QED) is 0.809. The lowest BCUT2D eigenvalue weighted by Gasteiger charge is -2.25. The van der Waals surface area contributed by atoms with Crippen LogP contribution in [-0.4, -0.2) is 83.6 Å². The number of rotatable bonds is 2. The Kier molecular flexibility index (Phi) is 6.70. The number of carbonyl (C=O) groups excluding carboxylic acids is 1. The fourth-order valence-corrected chi connectivity index (χ4v) is 3.04. The number of carbonyl (C=O) groups is 2. The first-order chi connectivity index (χ1) is 13.0. The molecule has 0 saturated carbocycles. The topological polar surface area (TPSA) is 92.2 Å². The predicted molar refractivity (Wildman–Crippen MR) is 90.9 cm³/mol. The van der Waals surface area contributed by atoms with Crippen molar-refractivity contribution in [2.45, 2.75) is 30.7 Å². The van der Waals surface area contributed by atoms with Crippen LogP contribution >= 0.6 is 0 Å². The Morgan fingerprint density at radius 3 is 2.61 bits per heavy atom. The number of likely N-dealkylation sites (tertiary alicyclic amines) is 1. The standard InChI is InChI=1S/C15H21N3O3.C2HF3O2/c1-17(2)14(19)18-8-6-15(11-18)9-12(10-20-15)21-13-5-3-4-7-16-13;3-2(4,5)1(6)7/h3-5,7,12H,6,8-11H2,1-2H3;(H,6,7)/t12-,15+;/m1./s1. The van der Waals surface area contributed by atoms with E-state index >= 15 is 0 Å². The minimum Gasteiger partial charge on any atom is -0.475 e. The Balaban J connectivity index is 0.000000345. The number of hydrogen-bond acceptors (Lipinski definition) is 5. The first-order valence-electron chi connectivity index (χ1n) is 8.50. The van der Waals surface area contributed by atoms with Gasteiger partial charge in [-0.1, -0.05) is 6.07 Å². The molecule has 2 aliphatic rings. The average Bonchev–Trinajstić information content (AvgIpc) is 3.21. The summed E-state index contributed by atoms with van der Waals surface area (Å²) in [5, 5.41) is 7.12. The molecule has 2 atom stereocenters. The number of aliphatic carboxylic acids is 1. The number of aromatic nitrogens is 1. The van der Waals surface area contributed by atoms with E-state index in [9.17, 15) is 18.0 Å². The lowest BCUT2D eigenvalue weighted by atomic mass is 9.98. The second-order valence-electron chi connectivity index (χ2n) is 6.76. The number of amides is 2. The summed E-state index contributed by atoms with van der Waals surface area (Å²) in [5.41, 5.74) is -0.245. The van der Waals surface area contributed by atoms with E-state index in [-0.39, 0.29) is 17.7 Å². The van der Waals surface area contributed by atoms with Crippen LogP contribution in [0.1, 0.15) is 12.8 Å². The van der Waals surface area contributed by atoms with E-state index in [0.717, 1.165) is 19.4 Å². The molecule has 0 aliphatic carbocycles. The molecule has 156 valence electrons. The minimum absolute atomic E-state index is 0.00862. The lowest BCUT2D eigenvalue weighted by molar-refractivity contribution is -0.192. The van der Waals surface area contributed by atoms with Gasteiger partial charge in [-0.15, -0.1) is 0 Å². The van der Waals surface area contributed by atoms with Crippen molar-refractivity contribution in [2.75, 3.05) is 33.8 Å². The van der Waals surface area contributed by atoms with E-state index in [1.807, 2.05) is 23.1 Å². The summed E-state index contributed by atoms with van der Waals surface area (Å²) in [6, 6.07) is 5.66. The molecule has 1 aromatic heterocycles. The molecule has 11 heteroatoms. The van der Waals surface area contributed by atoms with E-state index in [2.05, 4.69) is 4.98 Å². The molecule has 0 aromatic carbocycles. The molecule has 0 radical (unpaired) electrons. The van der Waals surface area contributed by atoms with Crippen LogP contribution in [0.5, 0.6) is 5.88 Å². The van der Waals surface area contributed by atoms with Crippen molar-refractivity contribution in [3.8, 4) is 5.88 Å². The zero-order chi connectivity index (χ0) is 20.9. The van der Waals surface area contributed by atoms with Crippen LogP contribution in [0.25, 0.3) is 0 Å². The molecule has 2 saturated heterocycles. The van der Waals surface area contributed by atoms with Crippen molar-refractivity contribution in [1.82, 2.24) is 14.8 Å². The van der Waals surface area contributed by atoms with E-state index in [4.69, 9.17) is 19.4 Å². The van der Waals surface area contributed by atoms with Gasteiger partial charge in [-0.25, -0.2) is 14.6 Å². The van der Waals surface area contributed by atoms with Crippen LogP contribution in [-0.2, 0) is 9.53 Å². The van der Waals surface area contributed by atoms with Crippen LogP contribution < -0.4 is 4.74 Å². The van der Waals surface area contributed by atoms with E-state index < -0.39 is 12.1 Å². The number of pyridine rings is 1. The van der Waals surface area contributed by atoms with Crippen molar-refractivity contribution < 1.29 is 37.3 Å². The van der Waals surface area contributed by atoms with Gasteiger partial charge in [-0.2, -0.15) is 13.2 Å². The lowest BCUT2D eigenvalue weighted by Crippen LogP contribution is -2.41. The summed E-state index contributed by atoms with van der Waals surface area (Å²) < 4.78 is 43.6. The third-order valence-electron chi connectivity index (χ3n) is 4.31. The summed E-state index contributed by atoms with van der Waals surface area (Å²) in [4.78, 5) is 28.5. The molecule has 28 heavy (non-hydrogen) atoms. The number of alkyl halides is 3. The van der Waals surface area contributed by atoms with Gasteiger partial charge < -0.3 is 24.4 Å².